The van der Waals surface area contributed by atoms with Gasteiger partial charge in [0.2, 0.25) is 0 Å². The summed E-state index contributed by atoms with van der Waals surface area (Å²) in [7, 11) is 1.62. The van der Waals surface area contributed by atoms with Crippen LogP contribution in [0, 0.1) is 0 Å². The highest BCUT2D eigenvalue weighted by molar-refractivity contribution is 6.01. The van der Waals surface area contributed by atoms with Crippen molar-refractivity contribution < 1.29 is 14.7 Å². The highest BCUT2D eigenvalue weighted by Gasteiger charge is 2.23. The second-order valence-corrected chi connectivity index (χ2v) is 4.71. The van der Waals surface area contributed by atoms with E-state index < -0.39 is 5.97 Å². The lowest BCUT2D eigenvalue weighted by atomic mass is 10.1. The molecule has 2 rings (SSSR count). The minimum atomic E-state index is -1.02. The normalized spacial score (nSPS) is 15.1. The minimum absolute atomic E-state index is 0.131. The van der Waals surface area contributed by atoms with Crippen molar-refractivity contribution in [2.75, 3.05) is 25.0 Å². The van der Waals surface area contributed by atoms with Gasteiger partial charge in [0, 0.05) is 20.1 Å². The number of likely N-dealkylation sites (tertiary alicyclic amines) is 1. The van der Waals surface area contributed by atoms with Crippen LogP contribution >= 0.6 is 0 Å². The van der Waals surface area contributed by atoms with Gasteiger partial charge in [0.1, 0.15) is 0 Å². The van der Waals surface area contributed by atoms with E-state index in [0.29, 0.717) is 5.69 Å². The predicted molar refractivity (Wildman–Crippen MR) is 72.6 cm³/mol. The molecule has 1 N–H and O–H groups in total. The summed E-state index contributed by atoms with van der Waals surface area (Å²) in [6.07, 6.45) is 3.18. The molecule has 0 atom stereocenters. The van der Waals surface area contributed by atoms with Crippen LogP contribution in [0.3, 0.4) is 0 Å². The molecule has 1 aliphatic heterocycles. The van der Waals surface area contributed by atoms with Crippen LogP contribution in [0.25, 0.3) is 0 Å². The first-order chi connectivity index (χ1) is 9.11. The van der Waals surface area contributed by atoms with Crippen molar-refractivity contribution in [2.24, 2.45) is 0 Å². The van der Waals surface area contributed by atoms with Crippen LogP contribution in [0.15, 0.2) is 24.3 Å². The number of hydrogen-bond acceptors (Lipinski definition) is 2. The molecule has 0 spiro atoms. The van der Waals surface area contributed by atoms with Gasteiger partial charge in [-0.2, -0.15) is 0 Å². The number of rotatable bonds is 2. The molecule has 102 valence electrons. The number of para-hydroxylation sites is 1. The second kappa shape index (κ2) is 5.73. The number of benzene rings is 1. The first-order valence-corrected chi connectivity index (χ1v) is 6.46. The number of amides is 2. The van der Waals surface area contributed by atoms with Gasteiger partial charge in [0.25, 0.3) is 0 Å². The van der Waals surface area contributed by atoms with Crippen LogP contribution in [-0.4, -0.2) is 42.1 Å². The van der Waals surface area contributed by atoms with Crippen LogP contribution in [-0.2, 0) is 0 Å². The van der Waals surface area contributed by atoms with Crippen LogP contribution in [0.5, 0.6) is 0 Å². The van der Waals surface area contributed by atoms with Crippen molar-refractivity contribution in [3.05, 3.63) is 29.8 Å². The van der Waals surface area contributed by atoms with Crippen molar-refractivity contribution in [2.45, 2.75) is 19.3 Å². The molecule has 1 aromatic carbocycles. The lowest BCUT2D eigenvalue weighted by Crippen LogP contribution is -2.44. The third-order valence-corrected chi connectivity index (χ3v) is 3.41. The molecule has 19 heavy (non-hydrogen) atoms. The molecule has 1 aromatic rings. The number of carbonyl (C=O) groups excluding carboxylic acids is 1. The maximum absolute atomic E-state index is 12.3. The van der Waals surface area contributed by atoms with Crippen LogP contribution < -0.4 is 4.90 Å². The Balaban J connectivity index is 2.21. The number of carbonyl (C=O) groups is 2. The number of anilines is 1. The Morgan fingerprint density at radius 3 is 2.42 bits per heavy atom. The molecule has 1 aliphatic rings. The van der Waals surface area contributed by atoms with E-state index in [1.807, 2.05) is 0 Å². The molecule has 1 saturated heterocycles. The molecule has 1 fully saturated rings. The Kier molecular flexibility index (Phi) is 4.04. The first-order valence-electron chi connectivity index (χ1n) is 6.46. The Hall–Kier alpha value is -2.04. The number of nitrogens with zero attached hydrogens (tertiary/aromatic N) is 2. The number of carboxylic acid groups (broad SMARTS) is 1. The van der Waals surface area contributed by atoms with Gasteiger partial charge in [-0.05, 0) is 31.4 Å². The van der Waals surface area contributed by atoms with E-state index in [1.165, 1.54) is 11.0 Å². The fourth-order valence-corrected chi connectivity index (χ4v) is 2.35. The summed E-state index contributed by atoms with van der Waals surface area (Å²) in [5.74, 6) is -1.02. The van der Waals surface area contributed by atoms with E-state index >= 15 is 0 Å². The van der Waals surface area contributed by atoms with Crippen molar-refractivity contribution >= 4 is 17.7 Å². The summed E-state index contributed by atoms with van der Waals surface area (Å²) in [5.41, 5.74) is 0.584. The van der Waals surface area contributed by atoms with Crippen molar-refractivity contribution in [3.63, 3.8) is 0 Å². The second-order valence-electron chi connectivity index (χ2n) is 4.71. The summed E-state index contributed by atoms with van der Waals surface area (Å²) < 4.78 is 0. The molecule has 0 bridgehead atoms. The van der Waals surface area contributed by atoms with E-state index in [9.17, 15) is 9.59 Å². The minimum Gasteiger partial charge on any atom is -0.478 e. The maximum Gasteiger partial charge on any atom is 0.337 e. The molecule has 0 saturated carbocycles. The number of urea groups is 1. The average molecular weight is 262 g/mol. The molecule has 5 heteroatoms. The molecular formula is C14H18N2O3. The zero-order valence-corrected chi connectivity index (χ0v) is 11.0. The topological polar surface area (TPSA) is 60.9 Å². The van der Waals surface area contributed by atoms with Gasteiger partial charge in [-0.3, -0.25) is 4.90 Å². The first kappa shape index (κ1) is 13.4. The van der Waals surface area contributed by atoms with Gasteiger partial charge in [-0.1, -0.05) is 12.1 Å². The Labute approximate surface area is 112 Å². The van der Waals surface area contributed by atoms with Gasteiger partial charge in [-0.15, -0.1) is 0 Å². The fourth-order valence-electron chi connectivity index (χ4n) is 2.35. The van der Waals surface area contributed by atoms with Crippen molar-refractivity contribution in [1.82, 2.24) is 4.90 Å². The van der Waals surface area contributed by atoms with E-state index in [-0.39, 0.29) is 11.6 Å². The smallest absolute Gasteiger partial charge is 0.337 e. The number of carboxylic acids is 1. The molecule has 0 radical (unpaired) electrons. The highest BCUT2D eigenvalue weighted by Crippen LogP contribution is 2.21. The van der Waals surface area contributed by atoms with Gasteiger partial charge in [0.05, 0.1) is 11.3 Å². The van der Waals surface area contributed by atoms with Crippen molar-refractivity contribution in [1.29, 1.82) is 0 Å². The summed E-state index contributed by atoms with van der Waals surface area (Å²) in [5, 5.41) is 9.16. The third kappa shape index (κ3) is 2.86. The standard InChI is InChI=1S/C14H18N2O3/c1-15(14(19)16-9-5-2-6-10-16)12-8-4-3-7-11(12)13(17)18/h3-4,7-8H,2,5-6,9-10H2,1H3,(H,17,18). The molecule has 0 aromatic heterocycles. The lowest BCUT2D eigenvalue weighted by Gasteiger charge is -2.31. The van der Waals surface area contributed by atoms with Crippen LogP contribution in [0.2, 0.25) is 0 Å². The summed E-state index contributed by atoms with van der Waals surface area (Å²) in [6, 6.07) is 6.44. The molecule has 1 heterocycles. The van der Waals surface area contributed by atoms with Crippen LogP contribution in [0.1, 0.15) is 29.6 Å². The van der Waals surface area contributed by atoms with E-state index in [1.54, 1.807) is 30.1 Å². The zero-order valence-electron chi connectivity index (χ0n) is 11.0. The van der Waals surface area contributed by atoms with Gasteiger partial charge >= 0.3 is 12.0 Å². The lowest BCUT2D eigenvalue weighted by molar-refractivity contribution is 0.0697. The zero-order chi connectivity index (χ0) is 13.8. The predicted octanol–water partition coefficient (Wildman–Crippen LogP) is 2.43. The average Bonchev–Trinajstić information content (AvgIpc) is 2.46. The Morgan fingerprint density at radius 2 is 1.79 bits per heavy atom. The quantitative estimate of drug-likeness (QED) is 0.890. The summed E-state index contributed by atoms with van der Waals surface area (Å²) >= 11 is 0. The SMILES string of the molecule is CN(C(=O)N1CCCCC1)c1ccccc1C(=O)O. The highest BCUT2D eigenvalue weighted by atomic mass is 16.4. The maximum atomic E-state index is 12.3. The monoisotopic (exact) mass is 262 g/mol. The largest absolute Gasteiger partial charge is 0.478 e. The molecule has 5 nitrogen and oxygen atoms in total. The van der Waals surface area contributed by atoms with E-state index in [4.69, 9.17) is 5.11 Å². The Morgan fingerprint density at radius 1 is 1.16 bits per heavy atom. The summed E-state index contributed by atoms with van der Waals surface area (Å²) in [6.45, 7) is 1.50. The molecule has 0 unspecified atom stereocenters. The Bertz CT molecular complexity index is 481. The van der Waals surface area contributed by atoms with E-state index in [0.717, 1.165) is 32.4 Å². The fraction of sp³-hybridized carbons (Fsp3) is 0.429. The number of aromatic carboxylic acids is 1. The molecular weight excluding hydrogens is 244 g/mol. The number of hydrogen-bond donors (Lipinski definition) is 1. The van der Waals surface area contributed by atoms with Crippen LogP contribution in [0.4, 0.5) is 10.5 Å². The van der Waals surface area contributed by atoms with Crippen molar-refractivity contribution in [3.8, 4) is 0 Å². The summed E-state index contributed by atoms with van der Waals surface area (Å²) in [4.78, 5) is 26.7. The van der Waals surface area contributed by atoms with Gasteiger partial charge in [-0.25, -0.2) is 9.59 Å². The van der Waals surface area contributed by atoms with Gasteiger partial charge < -0.3 is 10.0 Å². The van der Waals surface area contributed by atoms with E-state index in [2.05, 4.69) is 0 Å². The van der Waals surface area contributed by atoms with Gasteiger partial charge in [0.15, 0.2) is 0 Å². The third-order valence-electron chi connectivity index (χ3n) is 3.41. The molecule has 2 amide bonds. The number of piperidine rings is 1. The molecule has 0 aliphatic carbocycles.